The molecule has 6 heteroatoms. The Balaban J connectivity index is 1.55. The van der Waals surface area contributed by atoms with Gasteiger partial charge in [-0.05, 0) is 25.5 Å². The van der Waals surface area contributed by atoms with Crippen LogP contribution in [-0.4, -0.2) is 67.1 Å². The molecule has 2 aliphatic rings. The standard InChI is InChI=1S/C17H24ClN3O2/c1-13(23-16-5-3-2-4-15(16)18)17(22)21-9-6-14(12-21)20-10-7-19-8-11-20/h2-5,13-14,19H,6-12H2,1H3. The molecule has 3 rings (SSSR count). The van der Waals surface area contributed by atoms with Gasteiger partial charge in [0.1, 0.15) is 5.75 Å². The summed E-state index contributed by atoms with van der Waals surface area (Å²) >= 11 is 6.09. The summed E-state index contributed by atoms with van der Waals surface area (Å²) in [6, 6.07) is 7.74. The number of carbonyl (C=O) groups excluding carboxylic acids is 1. The third-order valence-corrected chi connectivity index (χ3v) is 4.94. The molecule has 2 fully saturated rings. The van der Waals surface area contributed by atoms with E-state index < -0.39 is 6.10 Å². The number of hydrogen-bond donors (Lipinski definition) is 1. The molecule has 2 aliphatic heterocycles. The molecule has 1 N–H and O–H groups in total. The Hall–Kier alpha value is -1.30. The first-order valence-electron chi connectivity index (χ1n) is 8.30. The summed E-state index contributed by atoms with van der Waals surface area (Å²) in [5, 5.41) is 3.90. The fourth-order valence-corrected chi connectivity index (χ4v) is 3.51. The highest BCUT2D eigenvalue weighted by Gasteiger charge is 2.33. The number of piperazine rings is 1. The predicted molar refractivity (Wildman–Crippen MR) is 91.0 cm³/mol. The van der Waals surface area contributed by atoms with Crippen LogP contribution >= 0.6 is 11.6 Å². The first-order chi connectivity index (χ1) is 11.1. The zero-order valence-corrected chi connectivity index (χ0v) is 14.3. The zero-order valence-electron chi connectivity index (χ0n) is 13.5. The van der Waals surface area contributed by atoms with Crippen LogP contribution in [0.3, 0.4) is 0 Å². The lowest BCUT2D eigenvalue weighted by molar-refractivity contribution is -0.137. The molecular weight excluding hydrogens is 314 g/mol. The molecule has 1 aromatic rings. The fourth-order valence-electron chi connectivity index (χ4n) is 3.33. The Bertz CT molecular complexity index is 548. The van der Waals surface area contributed by atoms with Crippen molar-refractivity contribution in [3.8, 4) is 5.75 Å². The summed E-state index contributed by atoms with van der Waals surface area (Å²) in [5.41, 5.74) is 0. The average Bonchev–Trinajstić information content (AvgIpc) is 3.07. The topological polar surface area (TPSA) is 44.8 Å². The second-order valence-electron chi connectivity index (χ2n) is 6.20. The number of benzene rings is 1. The van der Waals surface area contributed by atoms with Crippen molar-refractivity contribution in [3.05, 3.63) is 29.3 Å². The van der Waals surface area contributed by atoms with Gasteiger partial charge >= 0.3 is 0 Å². The van der Waals surface area contributed by atoms with Gasteiger partial charge in [-0.25, -0.2) is 0 Å². The van der Waals surface area contributed by atoms with E-state index in [-0.39, 0.29) is 5.91 Å². The van der Waals surface area contributed by atoms with Crippen LogP contribution in [0.15, 0.2) is 24.3 Å². The molecule has 0 saturated carbocycles. The highest BCUT2D eigenvalue weighted by Crippen LogP contribution is 2.25. The maximum absolute atomic E-state index is 12.6. The third kappa shape index (κ3) is 3.97. The molecule has 0 bridgehead atoms. The van der Waals surface area contributed by atoms with E-state index >= 15 is 0 Å². The van der Waals surface area contributed by atoms with Crippen LogP contribution in [0.25, 0.3) is 0 Å². The number of halogens is 1. The van der Waals surface area contributed by atoms with Crippen LogP contribution < -0.4 is 10.1 Å². The molecule has 1 amide bonds. The smallest absolute Gasteiger partial charge is 0.263 e. The number of rotatable bonds is 4. The van der Waals surface area contributed by atoms with E-state index in [9.17, 15) is 4.79 Å². The molecule has 126 valence electrons. The quantitative estimate of drug-likeness (QED) is 0.906. The number of amides is 1. The van der Waals surface area contributed by atoms with E-state index in [1.807, 2.05) is 17.0 Å². The molecule has 0 radical (unpaired) electrons. The molecule has 2 heterocycles. The lowest BCUT2D eigenvalue weighted by atomic mass is 10.2. The van der Waals surface area contributed by atoms with Crippen molar-refractivity contribution < 1.29 is 9.53 Å². The first kappa shape index (κ1) is 16.6. The van der Waals surface area contributed by atoms with Crippen LogP contribution in [0.5, 0.6) is 5.75 Å². The summed E-state index contributed by atoms with van der Waals surface area (Å²) < 4.78 is 5.75. The van der Waals surface area contributed by atoms with Gasteiger partial charge in [0, 0.05) is 45.3 Å². The van der Waals surface area contributed by atoms with Gasteiger partial charge < -0.3 is 15.0 Å². The fraction of sp³-hybridized carbons (Fsp3) is 0.588. The normalized spacial score (nSPS) is 23.7. The number of nitrogens with zero attached hydrogens (tertiary/aromatic N) is 2. The highest BCUT2D eigenvalue weighted by molar-refractivity contribution is 6.32. The summed E-state index contributed by atoms with van der Waals surface area (Å²) in [5.74, 6) is 0.607. The maximum atomic E-state index is 12.6. The second-order valence-corrected chi connectivity index (χ2v) is 6.61. The van der Waals surface area contributed by atoms with Gasteiger partial charge in [0.25, 0.3) is 5.91 Å². The average molecular weight is 338 g/mol. The maximum Gasteiger partial charge on any atom is 0.263 e. The van der Waals surface area contributed by atoms with Gasteiger partial charge in [-0.15, -0.1) is 0 Å². The molecule has 23 heavy (non-hydrogen) atoms. The number of carbonyl (C=O) groups is 1. The van der Waals surface area contributed by atoms with Crippen LogP contribution in [-0.2, 0) is 4.79 Å². The van der Waals surface area contributed by atoms with Gasteiger partial charge in [-0.2, -0.15) is 0 Å². The van der Waals surface area contributed by atoms with Crippen LogP contribution in [0.1, 0.15) is 13.3 Å². The molecule has 2 saturated heterocycles. The molecule has 0 aliphatic carbocycles. The SMILES string of the molecule is CC(Oc1ccccc1Cl)C(=O)N1CCC(N2CCNCC2)C1. The number of likely N-dealkylation sites (tertiary alicyclic amines) is 1. The molecular formula is C17H24ClN3O2. The number of nitrogens with one attached hydrogen (secondary N) is 1. The van der Waals surface area contributed by atoms with Gasteiger partial charge in [-0.1, -0.05) is 23.7 Å². The van der Waals surface area contributed by atoms with E-state index in [1.165, 1.54) is 0 Å². The van der Waals surface area contributed by atoms with E-state index in [1.54, 1.807) is 19.1 Å². The molecule has 2 atom stereocenters. The van der Waals surface area contributed by atoms with Crippen molar-refractivity contribution >= 4 is 17.5 Å². The van der Waals surface area contributed by atoms with Crippen molar-refractivity contribution in [2.75, 3.05) is 39.3 Å². The molecule has 1 aromatic carbocycles. The summed E-state index contributed by atoms with van der Waals surface area (Å²) in [6.45, 7) is 7.62. The minimum atomic E-state index is -0.517. The highest BCUT2D eigenvalue weighted by atomic mass is 35.5. The lowest BCUT2D eigenvalue weighted by Gasteiger charge is -2.32. The minimum Gasteiger partial charge on any atom is -0.479 e. The van der Waals surface area contributed by atoms with Crippen LogP contribution in [0.4, 0.5) is 0 Å². The van der Waals surface area contributed by atoms with Gasteiger partial charge in [0.05, 0.1) is 5.02 Å². The largest absolute Gasteiger partial charge is 0.479 e. The third-order valence-electron chi connectivity index (χ3n) is 4.63. The summed E-state index contributed by atoms with van der Waals surface area (Å²) in [6.07, 6.45) is 0.529. The van der Waals surface area contributed by atoms with E-state index in [0.29, 0.717) is 16.8 Å². The summed E-state index contributed by atoms with van der Waals surface area (Å²) in [4.78, 5) is 17.0. The van der Waals surface area contributed by atoms with Gasteiger partial charge in [0.2, 0.25) is 0 Å². The molecule has 0 spiro atoms. The van der Waals surface area contributed by atoms with Crippen LogP contribution in [0, 0.1) is 0 Å². The first-order valence-corrected chi connectivity index (χ1v) is 8.67. The van der Waals surface area contributed by atoms with E-state index in [2.05, 4.69) is 10.2 Å². The van der Waals surface area contributed by atoms with Gasteiger partial charge in [-0.3, -0.25) is 9.69 Å². The minimum absolute atomic E-state index is 0.0440. The Morgan fingerprint density at radius 2 is 2.04 bits per heavy atom. The van der Waals surface area contributed by atoms with E-state index in [4.69, 9.17) is 16.3 Å². The number of para-hydroxylation sites is 1. The van der Waals surface area contributed by atoms with Crippen molar-refractivity contribution in [1.29, 1.82) is 0 Å². The molecule has 2 unspecified atom stereocenters. The molecule has 5 nitrogen and oxygen atoms in total. The Labute approximate surface area is 142 Å². The summed E-state index contributed by atoms with van der Waals surface area (Å²) in [7, 11) is 0. The van der Waals surface area contributed by atoms with E-state index in [0.717, 1.165) is 45.7 Å². The van der Waals surface area contributed by atoms with Crippen LogP contribution in [0.2, 0.25) is 5.02 Å². The van der Waals surface area contributed by atoms with Crippen molar-refractivity contribution in [2.45, 2.75) is 25.5 Å². The van der Waals surface area contributed by atoms with Crippen molar-refractivity contribution in [1.82, 2.24) is 15.1 Å². The Morgan fingerprint density at radius 1 is 1.30 bits per heavy atom. The zero-order chi connectivity index (χ0) is 16.2. The van der Waals surface area contributed by atoms with Gasteiger partial charge in [0.15, 0.2) is 6.10 Å². The van der Waals surface area contributed by atoms with Crippen molar-refractivity contribution in [3.63, 3.8) is 0 Å². The van der Waals surface area contributed by atoms with Crippen molar-refractivity contribution in [2.24, 2.45) is 0 Å². The molecule has 0 aromatic heterocycles. The second kappa shape index (κ2) is 7.51. The number of ether oxygens (including phenoxy) is 1. The monoisotopic (exact) mass is 337 g/mol. The number of hydrogen-bond acceptors (Lipinski definition) is 4. The Kier molecular flexibility index (Phi) is 5.41. The Morgan fingerprint density at radius 3 is 2.78 bits per heavy atom. The lowest BCUT2D eigenvalue weighted by Crippen LogP contribution is -2.50. The predicted octanol–water partition coefficient (Wildman–Crippen LogP) is 1.61.